The molecule has 0 aromatic rings. The molecule has 1 unspecified atom stereocenters. The van der Waals surface area contributed by atoms with Crippen LogP contribution in [0.5, 0.6) is 0 Å². The lowest BCUT2D eigenvalue weighted by Gasteiger charge is -2.32. The van der Waals surface area contributed by atoms with Gasteiger partial charge in [0.25, 0.3) is 0 Å². The molecule has 0 aromatic carbocycles. The van der Waals surface area contributed by atoms with Crippen molar-refractivity contribution in [2.24, 2.45) is 0 Å². The van der Waals surface area contributed by atoms with Crippen LogP contribution in [0.4, 0.5) is 0 Å². The molecule has 0 saturated carbocycles. The van der Waals surface area contributed by atoms with Gasteiger partial charge < -0.3 is 20.1 Å². The van der Waals surface area contributed by atoms with E-state index in [1.807, 2.05) is 14.0 Å². The van der Waals surface area contributed by atoms with Gasteiger partial charge in [0, 0.05) is 25.8 Å². The number of hydrogen-bond donors (Lipinski definition) is 2. The number of likely N-dealkylation sites (N-methyl/N-ethyl adjacent to an activating group) is 2. The zero-order valence-electron chi connectivity index (χ0n) is 10.1. The second kappa shape index (κ2) is 6.83. The summed E-state index contributed by atoms with van der Waals surface area (Å²) in [5, 5.41) is 12.0. The normalized spacial score (nSPS) is 19.9. The summed E-state index contributed by atoms with van der Waals surface area (Å²) in [5.41, 5.74) is 0. The maximum absolute atomic E-state index is 11.0. The molecule has 0 amide bonds. The molecule has 5 nitrogen and oxygen atoms in total. The minimum Gasteiger partial charge on any atom is -0.480 e. The molecule has 94 valence electrons. The van der Waals surface area contributed by atoms with Crippen LogP contribution in [-0.2, 0) is 9.53 Å². The number of hydrogen-bond acceptors (Lipinski definition) is 4. The van der Waals surface area contributed by atoms with E-state index < -0.39 is 12.0 Å². The Hall–Kier alpha value is -0.650. The molecule has 0 bridgehead atoms. The van der Waals surface area contributed by atoms with E-state index in [1.165, 1.54) is 0 Å². The molecule has 16 heavy (non-hydrogen) atoms. The summed E-state index contributed by atoms with van der Waals surface area (Å²) in [6, 6.07) is -0.0212. The summed E-state index contributed by atoms with van der Waals surface area (Å²) >= 11 is 0. The molecular weight excluding hydrogens is 208 g/mol. The van der Waals surface area contributed by atoms with Crippen LogP contribution < -0.4 is 5.32 Å². The molecule has 0 spiro atoms. The summed E-state index contributed by atoms with van der Waals surface area (Å²) < 4.78 is 5.29. The predicted molar refractivity (Wildman–Crippen MR) is 61.6 cm³/mol. The molecule has 1 atom stereocenters. The number of rotatable bonds is 6. The van der Waals surface area contributed by atoms with Gasteiger partial charge in [-0.1, -0.05) is 6.92 Å². The van der Waals surface area contributed by atoms with E-state index in [-0.39, 0.29) is 0 Å². The summed E-state index contributed by atoms with van der Waals surface area (Å²) in [5.74, 6) is -0.777. The maximum atomic E-state index is 11.0. The van der Waals surface area contributed by atoms with Crippen molar-refractivity contribution in [1.29, 1.82) is 0 Å². The van der Waals surface area contributed by atoms with Crippen molar-refractivity contribution in [2.45, 2.75) is 31.8 Å². The second-order valence-electron chi connectivity index (χ2n) is 4.23. The van der Waals surface area contributed by atoms with E-state index in [1.54, 1.807) is 0 Å². The highest BCUT2D eigenvalue weighted by Gasteiger charge is 2.24. The SMILES string of the molecule is CCNC(CN(C)C1CCOCC1)C(=O)O. The standard InChI is InChI=1S/C11H22N2O3/c1-3-12-10(11(14)15)8-13(2)9-4-6-16-7-5-9/h9-10,12H,3-8H2,1-2H3,(H,14,15). The van der Waals surface area contributed by atoms with Crippen LogP contribution >= 0.6 is 0 Å². The first-order chi connectivity index (χ1) is 7.65. The Morgan fingerprint density at radius 2 is 2.19 bits per heavy atom. The zero-order valence-corrected chi connectivity index (χ0v) is 10.1. The summed E-state index contributed by atoms with van der Waals surface area (Å²) in [6.07, 6.45) is 1.99. The van der Waals surface area contributed by atoms with Gasteiger partial charge in [-0.3, -0.25) is 4.79 Å². The Kier molecular flexibility index (Phi) is 5.73. The number of carbonyl (C=O) groups is 1. The monoisotopic (exact) mass is 230 g/mol. The van der Waals surface area contributed by atoms with E-state index in [2.05, 4.69) is 10.2 Å². The molecule has 0 radical (unpaired) electrons. The quantitative estimate of drug-likeness (QED) is 0.680. The van der Waals surface area contributed by atoms with Crippen LogP contribution in [0.2, 0.25) is 0 Å². The maximum Gasteiger partial charge on any atom is 0.322 e. The van der Waals surface area contributed by atoms with Gasteiger partial charge in [-0.15, -0.1) is 0 Å². The highest BCUT2D eigenvalue weighted by Crippen LogP contribution is 2.12. The number of carboxylic acids is 1. The number of nitrogens with one attached hydrogen (secondary N) is 1. The predicted octanol–water partition coefficient (Wildman–Crippen LogP) is 0.160. The molecule has 0 aromatic heterocycles. The van der Waals surface area contributed by atoms with E-state index in [4.69, 9.17) is 9.84 Å². The number of carboxylic acid groups (broad SMARTS) is 1. The van der Waals surface area contributed by atoms with Crippen molar-refractivity contribution in [3.05, 3.63) is 0 Å². The van der Waals surface area contributed by atoms with Gasteiger partial charge in [0.15, 0.2) is 0 Å². The van der Waals surface area contributed by atoms with Gasteiger partial charge in [0.2, 0.25) is 0 Å². The fourth-order valence-corrected chi connectivity index (χ4v) is 2.04. The first-order valence-corrected chi connectivity index (χ1v) is 5.89. The Labute approximate surface area is 96.8 Å². The van der Waals surface area contributed by atoms with E-state index >= 15 is 0 Å². The third-order valence-electron chi connectivity index (χ3n) is 3.03. The van der Waals surface area contributed by atoms with Crippen LogP contribution in [0.15, 0.2) is 0 Å². The second-order valence-corrected chi connectivity index (χ2v) is 4.23. The molecule has 2 N–H and O–H groups in total. The number of nitrogens with zero attached hydrogens (tertiary/aromatic N) is 1. The smallest absolute Gasteiger partial charge is 0.322 e. The lowest BCUT2D eigenvalue weighted by atomic mass is 10.1. The van der Waals surface area contributed by atoms with Gasteiger partial charge in [-0.2, -0.15) is 0 Å². The van der Waals surface area contributed by atoms with Crippen LogP contribution in [0.3, 0.4) is 0 Å². The summed E-state index contributed by atoms with van der Waals surface area (Å²) in [6.45, 7) is 4.72. The average molecular weight is 230 g/mol. The van der Waals surface area contributed by atoms with E-state index in [0.29, 0.717) is 19.1 Å². The van der Waals surface area contributed by atoms with Crippen LogP contribution in [0, 0.1) is 0 Å². The molecule has 5 heteroatoms. The third-order valence-corrected chi connectivity index (χ3v) is 3.03. The summed E-state index contributed by atoms with van der Waals surface area (Å²) in [4.78, 5) is 13.1. The van der Waals surface area contributed by atoms with E-state index in [9.17, 15) is 4.79 Å². The molecule has 1 saturated heterocycles. The average Bonchev–Trinajstić information content (AvgIpc) is 2.29. The first-order valence-electron chi connectivity index (χ1n) is 5.89. The van der Waals surface area contributed by atoms with Crippen LogP contribution in [0.1, 0.15) is 19.8 Å². The zero-order chi connectivity index (χ0) is 12.0. The van der Waals surface area contributed by atoms with Crippen LogP contribution in [0.25, 0.3) is 0 Å². The van der Waals surface area contributed by atoms with Gasteiger partial charge in [-0.05, 0) is 26.4 Å². The molecule has 0 aliphatic carbocycles. The molecule has 1 aliphatic rings. The molecule has 1 fully saturated rings. The lowest BCUT2D eigenvalue weighted by Crippen LogP contribution is -2.48. The molecule has 1 heterocycles. The molecular formula is C11H22N2O3. The van der Waals surface area contributed by atoms with Crippen LogP contribution in [-0.4, -0.2) is 61.4 Å². The minimum atomic E-state index is -0.777. The number of ether oxygens (including phenoxy) is 1. The number of aliphatic carboxylic acids is 1. The lowest BCUT2D eigenvalue weighted by molar-refractivity contribution is -0.140. The summed E-state index contributed by atoms with van der Waals surface area (Å²) in [7, 11) is 1.99. The van der Waals surface area contributed by atoms with Crippen molar-refractivity contribution in [2.75, 3.05) is 33.4 Å². The first kappa shape index (κ1) is 13.4. The van der Waals surface area contributed by atoms with Crippen molar-refractivity contribution < 1.29 is 14.6 Å². The Balaban J connectivity index is 2.39. The van der Waals surface area contributed by atoms with Crippen molar-refractivity contribution in [3.8, 4) is 0 Å². The molecule has 1 aliphatic heterocycles. The topological polar surface area (TPSA) is 61.8 Å². The van der Waals surface area contributed by atoms with Gasteiger partial charge in [0.05, 0.1) is 0 Å². The highest BCUT2D eigenvalue weighted by molar-refractivity contribution is 5.73. The van der Waals surface area contributed by atoms with Crippen molar-refractivity contribution in [1.82, 2.24) is 10.2 Å². The van der Waals surface area contributed by atoms with Gasteiger partial charge in [-0.25, -0.2) is 0 Å². The minimum absolute atomic E-state index is 0.453. The molecule has 1 rings (SSSR count). The van der Waals surface area contributed by atoms with Crippen molar-refractivity contribution >= 4 is 5.97 Å². The van der Waals surface area contributed by atoms with E-state index in [0.717, 1.165) is 26.1 Å². The Morgan fingerprint density at radius 3 is 2.69 bits per heavy atom. The van der Waals surface area contributed by atoms with Gasteiger partial charge in [0.1, 0.15) is 6.04 Å². The fraction of sp³-hybridized carbons (Fsp3) is 0.909. The Bertz CT molecular complexity index is 217. The van der Waals surface area contributed by atoms with Gasteiger partial charge >= 0.3 is 5.97 Å². The Morgan fingerprint density at radius 1 is 1.56 bits per heavy atom. The third kappa shape index (κ3) is 4.08. The van der Waals surface area contributed by atoms with Crippen molar-refractivity contribution in [3.63, 3.8) is 0 Å². The highest BCUT2D eigenvalue weighted by atomic mass is 16.5. The fourth-order valence-electron chi connectivity index (χ4n) is 2.04. The largest absolute Gasteiger partial charge is 0.480 e.